The molecule has 1 N–H and O–H groups in total. The summed E-state index contributed by atoms with van der Waals surface area (Å²) >= 11 is 0. The molecule has 0 amide bonds. The van der Waals surface area contributed by atoms with E-state index in [2.05, 4.69) is 9.84 Å². The van der Waals surface area contributed by atoms with E-state index in [0.717, 1.165) is 11.1 Å². The largest absolute Gasteiger partial charge is 0.478 e. The molecular weight excluding hydrogens is 330 g/mol. The van der Waals surface area contributed by atoms with E-state index in [-0.39, 0.29) is 11.3 Å². The normalized spacial score (nSPS) is 14.0. The van der Waals surface area contributed by atoms with Gasteiger partial charge >= 0.3 is 12.6 Å². The molecule has 0 fully saturated rings. The molecule has 0 saturated heterocycles. The van der Waals surface area contributed by atoms with Crippen molar-refractivity contribution in [3.05, 3.63) is 66.5 Å². The van der Waals surface area contributed by atoms with Gasteiger partial charge in [0, 0.05) is 11.8 Å². The first-order valence-corrected chi connectivity index (χ1v) is 7.45. The van der Waals surface area contributed by atoms with Gasteiger partial charge in [0.2, 0.25) is 0 Å². The second-order valence-electron chi connectivity index (χ2n) is 5.25. The molecule has 0 bridgehead atoms. The third-order valence-corrected chi connectivity index (χ3v) is 3.57. The van der Waals surface area contributed by atoms with Crippen molar-refractivity contribution in [2.75, 3.05) is 0 Å². The van der Waals surface area contributed by atoms with Gasteiger partial charge in [-0.25, -0.2) is 9.48 Å². The van der Waals surface area contributed by atoms with Crippen LogP contribution in [0, 0.1) is 0 Å². The monoisotopic (exact) mass is 344 g/mol. The Labute approximate surface area is 142 Å². The number of carboxylic acid groups (broad SMARTS) is 1. The topological polar surface area (TPSA) is 64.3 Å². The molecule has 0 aliphatic heterocycles. The van der Waals surface area contributed by atoms with Gasteiger partial charge in [-0.3, -0.25) is 0 Å². The molecule has 0 spiro atoms. The van der Waals surface area contributed by atoms with Crippen LogP contribution in [0.25, 0.3) is 16.8 Å². The first-order chi connectivity index (χ1) is 12.0. The first-order valence-electron chi connectivity index (χ1n) is 7.45. The van der Waals surface area contributed by atoms with E-state index in [0.29, 0.717) is 12.1 Å². The van der Waals surface area contributed by atoms with Gasteiger partial charge in [0.1, 0.15) is 5.75 Å². The number of carbonyl (C=O) groups is 1. The zero-order valence-corrected chi connectivity index (χ0v) is 13.0. The van der Waals surface area contributed by atoms with Crippen molar-refractivity contribution in [3.8, 4) is 16.9 Å². The molecule has 5 nitrogen and oxygen atoms in total. The van der Waals surface area contributed by atoms with Crippen LogP contribution in [0.2, 0.25) is 0 Å². The third-order valence-electron chi connectivity index (χ3n) is 3.57. The van der Waals surface area contributed by atoms with Gasteiger partial charge < -0.3 is 9.84 Å². The molecule has 0 saturated carbocycles. The number of rotatable bonds is 5. The van der Waals surface area contributed by atoms with Gasteiger partial charge in [-0.2, -0.15) is 13.9 Å². The number of carboxylic acids is 1. The smallest absolute Gasteiger partial charge is 0.387 e. The average Bonchev–Trinajstić information content (AvgIpc) is 2.92. The minimum Gasteiger partial charge on any atom is -0.478 e. The molecule has 1 aliphatic carbocycles. The maximum Gasteiger partial charge on any atom is 0.387 e. The van der Waals surface area contributed by atoms with Crippen LogP contribution in [0.1, 0.15) is 6.42 Å². The predicted octanol–water partition coefficient (Wildman–Crippen LogP) is 3.96. The fraction of sp³-hybridized carbons (Fsp3) is 0.111. The molecule has 1 heterocycles. The number of allylic oxidation sites excluding steroid dienone is 4. The maximum atomic E-state index is 12.2. The van der Waals surface area contributed by atoms with Crippen LogP contribution in [0.3, 0.4) is 0 Å². The summed E-state index contributed by atoms with van der Waals surface area (Å²) in [5, 5.41) is 13.4. The maximum absolute atomic E-state index is 12.2. The molecule has 3 rings (SSSR count). The Bertz CT molecular complexity index is 865. The van der Waals surface area contributed by atoms with Crippen LogP contribution in [-0.2, 0) is 4.79 Å². The lowest BCUT2D eigenvalue weighted by atomic mass is 10.1. The Balaban J connectivity index is 1.85. The molecule has 1 aliphatic rings. The van der Waals surface area contributed by atoms with Crippen LogP contribution in [0.4, 0.5) is 8.78 Å². The summed E-state index contributed by atoms with van der Waals surface area (Å²) in [4.78, 5) is 11.2. The lowest BCUT2D eigenvalue weighted by Crippen LogP contribution is -2.01. The number of hydrogen-bond acceptors (Lipinski definition) is 3. The van der Waals surface area contributed by atoms with Crippen molar-refractivity contribution < 1.29 is 23.4 Å². The molecule has 2 aromatic rings. The second kappa shape index (κ2) is 7.12. The van der Waals surface area contributed by atoms with Crippen molar-refractivity contribution >= 4 is 11.7 Å². The fourth-order valence-corrected chi connectivity index (χ4v) is 2.38. The quantitative estimate of drug-likeness (QED) is 0.892. The predicted molar refractivity (Wildman–Crippen MR) is 88.0 cm³/mol. The molecule has 1 aromatic heterocycles. The van der Waals surface area contributed by atoms with Crippen molar-refractivity contribution in [1.29, 1.82) is 0 Å². The summed E-state index contributed by atoms with van der Waals surface area (Å²) in [5.41, 5.74) is 2.36. The van der Waals surface area contributed by atoms with Gasteiger partial charge in [-0.15, -0.1) is 0 Å². The van der Waals surface area contributed by atoms with Gasteiger partial charge in [-0.05, 0) is 36.3 Å². The van der Waals surface area contributed by atoms with Crippen molar-refractivity contribution in [2.45, 2.75) is 13.0 Å². The Morgan fingerprint density at radius 3 is 2.68 bits per heavy atom. The highest BCUT2D eigenvalue weighted by Gasteiger charge is 2.10. The van der Waals surface area contributed by atoms with Crippen molar-refractivity contribution in [1.82, 2.24) is 9.78 Å². The number of hydrogen-bond donors (Lipinski definition) is 1. The highest BCUT2D eigenvalue weighted by molar-refractivity contribution is 5.92. The molecule has 0 unspecified atom stereocenters. The standard InChI is InChI=1S/C18H14F2N2O3/c19-18(20)25-16-7-5-12(6-8-16)14-10-21-22(11-14)15-4-2-1-3-13(9-15)17(23)24/h2-11,18H,1H2,(H,23,24). The lowest BCUT2D eigenvalue weighted by molar-refractivity contribution is -0.132. The summed E-state index contributed by atoms with van der Waals surface area (Å²) in [7, 11) is 0. The molecule has 0 radical (unpaired) electrons. The van der Waals surface area contributed by atoms with Crippen molar-refractivity contribution in [3.63, 3.8) is 0 Å². The van der Waals surface area contributed by atoms with E-state index >= 15 is 0 Å². The molecular formula is C18H14F2N2O3. The Hall–Kier alpha value is -3.22. The molecule has 25 heavy (non-hydrogen) atoms. The zero-order valence-electron chi connectivity index (χ0n) is 13.0. The Morgan fingerprint density at radius 2 is 2.00 bits per heavy atom. The van der Waals surface area contributed by atoms with Crippen LogP contribution in [0.15, 0.2) is 66.5 Å². The number of ether oxygens (including phenoxy) is 1. The summed E-state index contributed by atoms with van der Waals surface area (Å²) in [6, 6.07) is 6.21. The molecule has 0 atom stereocenters. The highest BCUT2D eigenvalue weighted by Crippen LogP contribution is 2.24. The molecule has 128 valence electrons. The van der Waals surface area contributed by atoms with Crippen LogP contribution in [-0.4, -0.2) is 27.5 Å². The number of benzene rings is 1. The van der Waals surface area contributed by atoms with Crippen LogP contribution in [0.5, 0.6) is 5.75 Å². The summed E-state index contributed by atoms with van der Waals surface area (Å²) in [6.07, 6.45) is 10.7. The molecule has 7 heteroatoms. The Morgan fingerprint density at radius 1 is 1.24 bits per heavy atom. The third kappa shape index (κ3) is 4.00. The summed E-state index contributed by atoms with van der Waals surface area (Å²) in [5.74, 6) is -0.917. The van der Waals surface area contributed by atoms with Crippen LogP contribution >= 0.6 is 0 Å². The van der Waals surface area contributed by atoms with Gasteiger partial charge in [-0.1, -0.05) is 24.3 Å². The number of nitrogens with zero attached hydrogens (tertiary/aromatic N) is 2. The number of alkyl halides is 2. The average molecular weight is 344 g/mol. The first kappa shape index (κ1) is 16.6. The van der Waals surface area contributed by atoms with E-state index in [1.807, 2.05) is 6.08 Å². The number of halogens is 2. The van der Waals surface area contributed by atoms with Gasteiger partial charge in [0.15, 0.2) is 0 Å². The van der Waals surface area contributed by atoms with E-state index in [4.69, 9.17) is 5.11 Å². The van der Waals surface area contributed by atoms with Crippen molar-refractivity contribution in [2.24, 2.45) is 0 Å². The number of aliphatic carboxylic acids is 1. The highest BCUT2D eigenvalue weighted by atomic mass is 19.3. The molecule has 1 aromatic carbocycles. The minimum atomic E-state index is -2.86. The zero-order chi connectivity index (χ0) is 17.8. The Kier molecular flexibility index (Phi) is 4.74. The van der Waals surface area contributed by atoms with E-state index in [1.54, 1.807) is 47.4 Å². The summed E-state index contributed by atoms with van der Waals surface area (Å²) < 4.78 is 30.2. The lowest BCUT2D eigenvalue weighted by Gasteiger charge is -2.05. The minimum absolute atomic E-state index is 0.0804. The number of aromatic nitrogens is 2. The van der Waals surface area contributed by atoms with E-state index in [1.165, 1.54) is 12.1 Å². The van der Waals surface area contributed by atoms with Gasteiger partial charge in [0.05, 0.1) is 17.5 Å². The second-order valence-corrected chi connectivity index (χ2v) is 5.25. The van der Waals surface area contributed by atoms with Crippen LogP contribution < -0.4 is 4.74 Å². The van der Waals surface area contributed by atoms with E-state index < -0.39 is 12.6 Å². The van der Waals surface area contributed by atoms with E-state index in [9.17, 15) is 13.6 Å². The van der Waals surface area contributed by atoms with Gasteiger partial charge in [0.25, 0.3) is 0 Å². The fourth-order valence-electron chi connectivity index (χ4n) is 2.38. The summed E-state index contributed by atoms with van der Waals surface area (Å²) in [6.45, 7) is -2.86. The SMILES string of the molecule is O=C(O)C1=CCC=CC(n2cc(-c3ccc(OC(F)F)cc3)cn2)=C1.